The number of carbonyl (C=O) groups excluding carboxylic acids is 1. The van der Waals surface area contributed by atoms with E-state index in [0.717, 1.165) is 25.9 Å². The Balaban J connectivity index is 2.01. The Morgan fingerprint density at radius 1 is 1.44 bits per heavy atom. The summed E-state index contributed by atoms with van der Waals surface area (Å²) in [6.07, 6.45) is 2.10. The second-order valence-electron chi connectivity index (χ2n) is 6.46. The van der Waals surface area contributed by atoms with Gasteiger partial charge in [0.1, 0.15) is 0 Å². The van der Waals surface area contributed by atoms with Crippen LogP contribution < -0.4 is 10.6 Å². The predicted octanol–water partition coefficient (Wildman–Crippen LogP) is 1.54. The van der Waals surface area contributed by atoms with Crippen molar-refractivity contribution < 1.29 is 4.79 Å². The first kappa shape index (κ1) is 11.9. The van der Waals surface area contributed by atoms with Gasteiger partial charge in [0.25, 0.3) is 0 Å². The number of nitrogens with one attached hydrogen (secondary N) is 2. The Hall–Kier alpha value is -0.570. The van der Waals surface area contributed by atoms with Gasteiger partial charge in [-0.2, -0.15) is 0 Å². The van der Waals surface area contributed by atoms with E-state index in [1.54, 1.807) is 0 Å². The van der Waals surface area contributed by atoms with Crippen LogP contribution in [0, 0.1) is 16.7 Å². The molecule has 2 unspecified atom stereocenters. The van der Waals surface area contributed by atoms with Crippen LogP contribution in [0.3, 0.4) is 0 Å². The monoisotopic (exact) mass is 224 g/mol. The van der Waals surface area contributed by atoms with Crippen molar-refractivity contribution in [2.24, 2.45) is 16.7 Å². The van der Waals surface area contributed by atoms with Crippen molar-refractivity contribution in [3.8, 4) is 0 Å². The van der Waals surface area contributed by atoms with E-state index in [2.05, 4.69) is 38.3 Å². The van der Waals surface area contributed by atoms with Crippen LogP contribution in [0.25, 0.3) is 0 Å². The molecule has 0 bridgehead atoms. The molecule has 0 aromatic heterocycles. The van der Waals surface area contributed by atoms with Crippen LogP contribution in [-0.4, -0.2) is 25.0 Å². The lowest BCUT2D eigenvalue weighted by Crippen LogP contribution is -2.47. The third-order valence-corrected chi connectivity index (χ3v) is 4.56. The molecule has 92 valence electrons. The molecule has 2 fully saturated rings. The second-order valence-corrected chi connectivity index (χ2v) is 6.46. The number of carbonyl (C=O) groups is 1. The van der Waals surface area contributed by atoms with Gasteiger partial charge in [0.05, 0.1) is 5.41 Å². The lowest BCUT2D eigenvalue weighted by atomic mass is 9.75. The first-order valence-electron chi connectivity index (χ1n) is 6.40. The summed E-state index contributed by atoms with van der Waals surface area (Å²) < 4.78 is 0. The van der Waals surface area contributed by atoms with Gasteiger partial charge >= 0.3 is 0 Å². The molecule has 0 spiro atoms. The first-order chi connectivity index (χ1) is 7.38. The normalized spacial score (nSPS) is 36.4. The zero-order valence-electron chi connectivity index (χ0n) is 10.9. The largest absolute Gasteiger partial charge is 0.352 e. The Morgan fingerprint density at radius 2 is 2.06 bits per heavy atom. The minimum atomic E-state index is -0.168. The first-order valence-corrected chi connectivity index (χ1v) is 6.40. The van der Waals surface area contributed by atoms with Crippen molar-refractivity contribution in [2.45, 2.75) is 46.6 Å². The van der Waals surface area contributed by atoms with Gasteiger partial charge in [0.15, 0.2) is 0 Å². The fraction of sp³-hybridized carbons (Fsp3) is 0.923. The fourth-order valence-electron chi connectivity index (χ4n) is 2.68. The summed E-state index contributed by atoms with van der Waals surface area (Å²) in [5.74, 6) is 0.674. The summed E-state index contributed by atoms with van der Waals surface area (Å²) in [5.41, 5.74) is 0.151. The van der Waals surface area contributed by atoms with E-state index in [-0.39, 0.29) is 11.3 Å². The molecule has 1 saturated carbocycles. The summed E-state index contributed by atoms with van der Waals surface area (Å²) in [7, 11) is 0. The Kier molecular flexibility index (Phi) is 2.77. The summed E-state index contributed by atoms with van der Waals surface area (Å²) in [4.78, 5) is 12.4. The molecular weight excluding hydrogens is 200 g/mol. The second kappa shape index (κ2) is 3.73. The van der Waals surface area contributed by atoms with Gasteiger partial charge in [0, 0.05) is 12.6 Å². The van der Waals surface area contributed by atoms with Crippen LogP contribution in [0.2, 0.25) is 0 Å². The van der Waals surface area contributed by atoms with E-state index in [4.69, 9.17) is 0 Å². The maximum Gasteiger partial charge on any atom is 0.228 e. The molecule has 3 heteroatoms. The molecule has 0 aromatic carbocycles. The van der Waals surface area contributed by atoms with Crippen molar-refractivity contribution in [2.75, 3.05) is 13.1 Å². The molecule has 2 rings (SSSR count). The van der Waals surface area contributed by atoms with Crippen LogP contribution in [0.1, 0.15) is 40.5 Å². The molecule has 1 aliphatic carbocycles. The SMILES string of the molecule is CC(C)C1(C(=O)NC2CC2(C)C)CCNC1. The molecular formula is C13H24N2O. The standard InChI is InChI=1S/C13H24N2O/c1-9(2)13(5-6-14-8-13)11(16)15-10-7-12(10,3)4/h9-10,14H,5-8H2,1-4H3,(H,15,16). The molecule has 0 aromatic rings. The molecule has 16 heavy (non-hydrogen) atoms. The molecule has 1 amide bonds. The number of rotatable bonds is 3. The van der Waals surface area contributed by atoms with E-state index in [1.165, 1.54) is 0 Å². The summed E-state index contributed by atoms with van der Waals surface area (Å²) in [5, 5.41) is 6.56. The minimum absolute atomic E-state index is 0.168. The van der Waals surface area contributed by atoms with E-state index >= 15 is 0 Å². The van der Waals surface area contributed by atoms with Gasteiger partial charge in [-0.25, -0.2) is 0 Å². The highest BCUT2D eigenvalue weighted by atomic mass is 16.2. The smallest absolute Gasteiger partial charge is 0.228 e. The van der Waals surface area contributed by atoms with Crippen LogP contribution in [0.15, 0.2) is 0 Å². The van der Waals surface area contributed by atoms with Crippen molar-refractivity contribution in [1.82, 2.24) is 10.6 Å². The zero-order chi connectivity index (χ0) is 12.0. The zero-order valence-corrected chi connectivity index (χ0v) is 10.9. The molecule has 0 radical (unpaired) electrons. The van der Waals surface area contributed by atoms with Gasteiger partial charge in [-0.15, -0.1) is 0 Å². The Bertz CT molecular complexity index is 290. The average Bonchev–Trinajstić information content (AvgIpc) is 2.68. The van der Waals surface area contributed by atoms with Crippen LogP contribution in [0.5, 0.6) is 0 Å². The molecule has 1 heterocycles. The van der Waals surface area contributed by atoms with Crippen molar-refractivity contribution in [3.63, 3.8) is 0 Å². The van der Waals surface area contributed by atoms with E-state index in [1.807, 2.05) is 0 Å². The average molecular weight is 224 g/mol. The van der Waals surface area contributed by atoms with Crippen LogP contribution in [-0.2, 0) is 4.79 Å². The third-order valence-electron chi connectivity index (χ3n) is 4.56. The number of hydrogen-bond acceptors (Lipinski definition) is 2. The van der Waals surface area contributed by atoms with Crippen molar-refractivity contribution >= 4 is 5.91 Å². The number of hydrogen-bond donors (Lipinski definition) is 2. The van der Waals surface area contributed by atoms with Gasteiger partial charge < -0.3 is 10.6 Å². The number of amides is 1. The minimum Gasteiger partial charge on any atom is -0.352 e. The molecule has 2 atom stereocenters. The van der Waals surface area contributed by atoms with Gasteiger partial charge in [-0.3, -0.25) is 4.79 Å². The Labute approximate surface area is 98.4 Å². The highest BCUT2D eigenvalue weighted by Gasteiger charge is 2.51. The molecule has 1 saturated heterocycles. The molecule has 2 N–H and O–H groups in total. The summed E-state index contributed by atoms with van der Waals surface area (Å²) >= 11 is 0. The maximum absolute atomic E-state index is 12.4. The Morgan fingerprint density at radius 3 is 2.44 bits per heavy atom. The molecule has 3 nitrogen and oxygen atoms in total. The summed E-state index contributed by atoms with van der Waals surface area (Å²) in [6.45, 7) is 10.6. The lowest BCUT2D eigenvalue weighted by molar-refractivity contribution is -0.132. The predicted molar refractivity (Wildman–Crippen MR) is 65.1 cm³/mol. The summed E-state index contributed by atoms with van der Waals surface area (Å²) in [6, 6.07) is 0.399. The highest BCUT2D eigenvalue weighted by molar-refractivity contribution is 5.84. The third kappa shape index (κ3) is 1.86. The lowest BCUT2D eigenvalue weighted by Gasteiger charge is -2.31. The quantitative estimate of drug-likeness (QED) is 0.763. The molecule has 2 aliphatic rings. The van der Waals surface area contributed by atoms with E-state index in [0.29, 0.717) is 17.4 Å². The molecule has 1 aliphatic heterocycles. The van der Waals surface area contributed by atoms with Gasteiger partial charge in [-0.05, 0) is 30.7 Å². The van der Waals surface area contributed by atoms with E-state index < -0.39 is 0 Å². The fourth-order valence-corrected chi connectivity index (χ4v) is 2.68. The van der Waals surface area contributed by atoms with E-state index in [9.17, 15) is 4.79 Å². The van der Waals surface area contributed by atoms with Gasteiger partial charge in [-0.1, -0.05) is 27.7 Å². The van der Waals surface area contributed by atoms with Gasteiger partial charge in [0.2, 0.25) is 5.91 Å². The maximum atomic E-state index is 12.4. The topological polar surface area (TPSA) is 41.1 Å². The van der Waals surface area contributed by atoms with Crippen LogP contribution in [0.4, 0.5) is 0 Å². The van der Waals surface area contributed by atoms with Crippen molar-refractivity contribution in [3.05, 3.63) is 0 Å². The van der Waals surface area contributed by atoms with Crippen LogP contribution >= 0.6 is 0 Å². The highest BCUT2D eigenvalue weighted by Crippen LogP contribution is 2.45. The van der Waals surface area contributed by atoms with Crippen molar-refractivity contribution in [1.29, 1.82) is 0 Å².